The van der Waals surface area contributed by atoms with E-state index < -0.39 is 0 Å². The minimum Gasteiger partial charge on any atom is -0.308 e. The second-order valence-corrected chi connectivity index (χ2v) is 2.77. The molecule has 0 fully saturated rings. The van der Waals surface area contributed by atoms with E-state index in [0.29, 0.717) is 0 Å². The van der Waals surface area contributed by atoms with Gasteiger partial charge < -0.3 is 4.84 Å². The zero-order valence-corrected chi connectivity index (χ0v) is 7.68. The fourth-order valence-electron chi connectivity index (χ4n) is 0.612. The van der Waals surface area contributed by atoms with Crippen molar-refractivity contribution in [2.45, 2.75) is 40.0 Å². The van der Waals surface area contributed by atoms with E-state index in [2.05, 4.69) is 31.5 Å². The molecule has 0 bridgehead atoms. The monoisotopic (exact) mass is 147 g/mol. The number of unbranched alkanes of at least 4 members (excludes halogenated alkanes) is 1. The van der Waals surface area contributed by atoms with Gasteiger partial charge in [0.15, 0.2) is 0 Å². The summed E-state index contributed by atoms with van der Waals surface area (Å²) in [7, 11) is 1.40. The van der Waals surface area contributed by atoms with Crippen molar-refractivity contribution in [2.75, 3.05) is 7.11 Å². The van der Waals surface area contributed by atoms with Crippen LogP contribution in [0.15, 0.2) is 0 Å². The van der Waals surface area contributed by atoms with Crippen LogP contribution < -0.4 is 5.90 Å². The van der Waals surface area contributed by atoms with Gasteiger partial charge >= 0.3 is 0 Å². The van der Waals surface area contributed by atoms with Crippen molar-refractivity contribution >= 4 is 0 Å². The standard InChI is InChI=1S/C7H16.CH5NO/c1-4-5-6-7(2)3;1-3-2/h7H,4-6H2,1-3H3;2H2,1H3. The molecule has 0 aliphatic rings. The Bertz CT molecular complexity index is 46.5. The molecule has 0 saturated heterocycles. The summed E-state index contributed by atoms with van der Waals surface area (Å²) in [6, 6.07) is 0. The van der Waals surface area contributed by atoms with E-state index in [9.17, 15) is 0 Å². The van der Waals surface area contributed by atoms with Gasteiger partial charge in [-0.15, -0.1) is 0 Å². The quantitative estimate of drug-likeness (QED) is 0.622. The summed E-state index contributed by atoms with van der Waals surface area (Å²) in [5, 5.41) is 0. The lowest BCUT2D eigenvalue weighted by molar-refractivity contribution is 0.206. The topological polar surface area (TPSA) is 35.2 Å². The smallest absolute Gasteiger partial charge is 0.0569 e. The van der Waals surface area contributed by atoms with Crippen LogP contribution >= 0.6 is 0 Å². The van der Waals surface area contributed by atoms with Gasteiger partial charge in [0, 0.05) is 0 Å². The first-order chi connectivity index (χ1) is 4.68. The molecule has 64 valence electrons. The highest BCUT2D eigenvalue weighted by Gasteiger charge is 1.88. The molecule has 0 aromatic heterocycles. The van der Waals surface area contributed by atoms with Gasteiger partial charge in [0.25, 0.3) is 0 Å². The predicted molar refractivity (Wildman–Crippen MR) is 45.6 cm³/mol. The van der Waals surface area contributed by atoms with Crippen molar-refractivity contribution in [3.05, 3.63) is 0 Å². The number of hydrogen-bond donors (Lipinski definition) is 1. The van der Waals surface area contributed by atoms with Crippen molar-refractivity contribution in [3.8, 4) is 0 Å². The SMILES string of the molecule is CCCCC(C)C.CON. The van der Waals surface area contributed by atoms with Crippen LogP contribution in [0.25, 0.3) is 0 Å². The van der Waals surface area contributed by atoms with Gasteiger partial charge in [0.1, 0.15) is 0 Å². The molecule has 2 N–H and O–H groups in total. The first-order valence-corrected chi connectivity index (χ1v) is 3.91. The Morgan fingerprint density at radius 2 is 1.80 bits per heavy atom. The molecule has 0 amide bonds. The molecule has 0 radical (unpaired) electrons. The maximum absolute atomic E-state index is 4.35. The molecule has 2 nitrogen and oxygen atoms in total. The summed E-state index contributed by atoms with van der Waals surface area (Å²) < 4.78 is 0. The molecule has 0 aliphatic carbocycles. The van der Waals surface area contributed by atoms with Crippen LogP contribution in [0.4, 0.5) is 0 Å². The summed E-state index contributed by atoms with van der Waals surface area (Å²) in [4.78, 5) is 3.75. The highest BCUT2D eigenvalue weighted by molar-refractivity contribution is 4.42. The third-order valence-electron chi connectivity index (χ3n) is 1.14. The maximum atomic E-state index is 4.35. The minimum absolute atomic E-state index is 0.903. The summed E-state index contributed by atoms with van der Waals surface area (Å²) >= 11 is 0. The second kappa shape index (κ2) is 11.7. The van der Waals surface area contributed by atoms with E-state index in [1.807, 2.05) is 0 Å². The zero-order valence-electron chi connectivity index (χ0n) is 7.68. The number of nitrogens with two attached hydrogens (primary N) is 1. The Morgan fingerprint density at radius 3 is 1.90 bits per heavy atom. The van der Waals surface area contributed by atoms with E-state index in [0.717, 1.165) is 5.92 Å². The van der Waals surface area contributed by atoms with Crippen LogP contribution in [0, 0.1) is 5.92 Å². The van der Waals surface area contributed by atoms with E-state index in [1.165, 1.54) is 26.4 Å². The summed E-state index contributed by atoms with van der Waals surface area (Å²) in [5.74, 6) is 5.25. The van der Waals surface area contributed by atoms with Crippen molar-refractivity contribution in [1.82, 2.24) is 0 Å². The Kier molecular flexibility index (Phi) is 14.7. The Labute approximate surface area is 64.7 Å². The lowest BCUT2D eigenvalue weighted by atomic mass is 10.1. The molecule has 0 aromatic rings. The van der Waals surface area contributed by atoms with Crippen LogP contribution in [0.5, 0.6) is 0 Å². The molecule has 10 heavy (non-hydrogen) atoms. The number of rotatable bonds is 3. The molecule has 0 saturated carbocycles. The fraction of sp³-hybridized carbons (Fsp3) is 1.00. The molecule has 0 atom stereocenters. The van der Waals surface area contributed by atoms with Crippen LogP contribution in [0.1, 0.15) is 40.0 Å². The van der Waals surface area contributed by atoms with Crippen molar-refractivity contribution in [2.24, 2.45) is 11.8 Å². The molecule has 0 heterocycles. The molecule has 0 unspecified atom stereocenters. The Morgan fingerprint density at radius 1 is 1.40 bits per heavy atom. The van der Waals surface area contributed by atoms with Crippen LogP contribution in [0.3, 0.4) is 0 Å². The molecule has 0 aromatic carbocycles. The van der Waals surface area contributed by atoms with Gasteiger partial charge in [0.05, 0.1) is 7.11 Å². The van der Waals surface area contributed by atoms with Gasteiger partial charge in [-0.2, -0.15) is 0 Å². The Hall–Kier alpha value is -0.0800. The molecule has 2 heteroatoms. The van der Waals surface area contributed by atoms with Gasteiger partial charge in [0.2, 0.25) is 0 Å². The van der Waals surface area contributed by atoms with Crippen molar-refractivity contribution in [1.29, 1.82) is 0 Å². The molecular weight excluding hydrogens is 126 g/mol. The van der Waals surface area contributed by atoms with Gasteiger partial charge in [-0.1, -0.05) is 40.0 Å². The van der Waals surface area contributed by atoms with E-state index in [-0.39, 0.29) is 0 Å². The zero-order chi connectivity index (χ0) is 8.41. The largest absolute Gasteiger partial charge is 0.308 e. The van der Waals surface area contributed by atoms with Gasteiger partial charge in [-0.05, 0) is 5.92 Å². The molecule has 0 rings (SSSR count). The summed E-state index contributed by atoms with van der Waals surface area (Å²) in [6.07, 6.45) is 4.15. The molecular formula is C8H21NO. The lowest BCUT2D eigenvalue weighted by Crippen LogP contribution is -1.86. The normalized spacial score (nSPS) is 9.00. The first-order valence-electron chi connectivity index (χ1n) is 3.91. The fourth-order valence-corrected chi connectivity index (χ4v) is 0.612. The van der Waals surface area contributed by atoms with Crippen LogP contribution in [-0.2, 0) is 4.84 Å². The molecule has 0 spiro atoms. The van der Waals surface area contributed by atoms with Gasteiger partial charge in [-0.3, -0.25) is 0 Å². The first kappa shape index (κ1) is 12.6. The Balaban J connectivity index is 0. The average molecular weight is 147 g/mol. The maximum Gasteiger partial charge on any atom is 0.0569 e. The number of hydrogen-bond acceptors (Lipinski definition) is 2. The molecule has 0 aliphatic heterocycles. The lowest BCUT2D eigenvalue weighted by Gasteiger charge is -1.98. The van der Waals surface area contributed by atoms with Crippen molar-refractivity contribution < 1.29 is 4.84 Å². The summed E-state index contributed by atoms with van der Waals surface area (Å²) in [6.45, 7) is 6.79. The predicted octanol–water partition coefficient (Wildman–Crippen LogP) is 2.34. The van der Waals surface area contributed by atoms with Gasteiger partial charge in [-0.25, -0.2) is 5.90 Å². The third-order valence-corrected chi connectivity index (χ3v) is 1.14. The highest BCUT2D eigenvalue weighted by Crippen LogP contribution is 2.04. The van der Waals surface area contributed by atoms with Crippen LogP contribution in [0.2, 0.25) is 0 Å². The minimum atomic E-state index is 0.903. The second-order valence-electron chi connectivity index (χ2n) is 2.77. The van der Waals surface area contributed by atoms with Crippen molar-refractivity contribution in [3.63, 3.8) is 0 Å². The summed E-state index contributed by atoms with van der Waals surface area (Å²) in [5.41, 5.74) is 0. The highest BCUT2D eigenvalue weighted by atomic mass is 16.6. The van der Waals surface area contributed by atoms with E-state index in [1.54, 1.807) is 0 Å². The van der Waals surface area contributed by atoms with Crippen LogP contribution in [-0.4, -0.2) is 7.11 Å². The van der Waals surface area contributed by atoms with E-state index in [4.69, 9.17) is 0 Å². The third kappa shape index (κ3) is 24.7. The average Bonchev–Trinajstić information content (AvgIpc) is 1.85. The van der Waals surface area contributed by atoms with E-state index >= 15 is 0 Å².